The normalized spacial score (nSPS) is 9.50. The van der Waals surface area contributed by atoms with Gasteiger partial charge in [0.25, 0.3) is 5.24 Å². The van der Waals surface area contributed by atoms with E-state index >= 15 is 0 Å². The van der Waals surface area contributed by atoms with Gasteiger partial charge < -0.3 is 0 Å². The maximum Gasteiger partial charge on any atom is 0.252 e. The molecule has 0 fully saturated rings. The van der Waals surface area contributed by atoms with E-state index in [1.807, 2.05) is 0 Å². The lowest BCUT2D eigenvalue weighted by atomic mass is 10.1. The molecule has 0 aliphatic rings. The number of rotatable bonds is 2. The monoisotopic (exact) mass is 244 g/mol. The van der Waals surface area contributed by atoms with Gasteiger partial charge in [0.1, 0.15) is 0 Å². The molecule has 62 valence electrons. The maximum atomic E-state index is 10.7. The average molecular weight is 246 g/mol. The third-order valence-corrected chi connectivity index (χ3v) is 2.38. The first-order chi connectivity index (χ1) is 5.65. The van der Waals surface area contributed by atoms with E-state index in [0.29, 0.717) is 5.56 Å². The quantitative estimate of drug-likeness (QED) is 0.729. The smallest absolute Gasteiger partial charge is 0.252 e. The van der Waals surface area contributed by atoms with Crippen molar-refractivity contribution in [2.24, 2.45) is 0 Å². The molecule has 1 aromatic rings. The van der Waals surface area contributed by atoms with Crippen LogP contribution in [0, 0.1) is 0 Å². The fraction of sp³-hybridized carbons (Fsp3) is 0. The van der Waals surface area contributed by atoms with Crippen LogP contribution in [0.3, 0.4) is 0 Å². The molecule has 0 atom stereocenters. The van der Waals surface area contributed by atoms with E-state index in [1.54, 1.807) is 24.3 Å². The van der Waals surface area contributed by atoms with Gasteiger partial charge in [-0.15, -0.1) is 0 Å². The predicted octanol–water partition coefficient (Wildman–Crippen LogP) is 3.47. The molecule has 0 saturated heterocycles. The Morgan fingerprint density at radius 3 is 2.75 bits per heavy atom. The molecule has 0 aliphatic heterocycles. The van der Waals surface area contributed by atoms with E-state index in [4.69, 9.17) is 11.6 Å². The van der Waals surface area contributed by atoms with Crippen molar-refractivity contribution in [3.8, 4) is 0 Å². The first kappa shape index (κ1) is 9.49. The van der Waals surface area contributed by atoms with Crippen LogP contribution in [0.1, 0.15) is 15.9 Å². The number of benzene rings is 1. The van der Waals surface area contributed by atoms with E-state index in [1.165, 1.54) is 0 Å². The Labute approximate surface area is 84.2 Å². The van der Waals surface area contributed by atoms with E-state index in [2.05, 4.69) is 22.5 Å². The zero-order chi connectivity index (χ0) is 9.14. The predicted molar refractivity (Wildman–Crippen MR) is 54.4 cm³/mol. The second kappa shape index (κ2) is 3.87. The van der Waals surface area contributed by atoms with E-state index in [0.717, 1.165) is 10.0 Å². The van der Waals surface area contributed by atoms with Crippen molar-refractivity contribution in [3.63, 3.8) is 0 Å². The van der Waals surface area contributed by atoms with Gasteiger partial charge in [-0.3, -0.25) is 4.79 Å². The first-order valence-electron chi connectivity index (χ1n) is 3.27. The van der Waals surface area contributed by atoms with Crippen LogP contribution in [0.15, 0.2) is 29.3 Å². The topological polar surface area (TPSA) is 17.1 Å². The standard InChI is InChI=1S/C9H6BrClO/c1-2-6-5-7(9(11)12)3-4-8(6)10/h2-5H,1H2. The minimum absolute atomic E-state index is 0.453. The zero-order valence-corrected chi connectivity index (χ0v) is 8.52. The Kier molecular flexibility index (Phi) is 3.06. The Bertz CT molecular complexity index is 333. The number of halogens is 2. The molecule has 0 aromatic heterocycles. The highest BCUT2D eigenvalue weighted by Gasteiger charge is 2.03. The first-order valence-corrected chi connectivity index (χ1v) is 4.44. The summed E-state index contributed by atoms with van der Waals surface area (Å²) in [4.78, 5) is 10.7. The van der Waals surface area contributed by atoms with Crippen LogP contribution in [0.4, 0.5) is 0 Å². The lowest BCUT2D eigenvalue weighted by Gasteiger charge is -1.99. The SMILES string of the molecule is C=Cc1cc(C(=O)Cl)ccc1Br. The number of carbonyl (C=O) groups excluding carboxylic acids is 1. The highest BCUT2D eigenvalue weighted by atomic mass is 79.9. The van der Waals surface area contributed by atoms with Gasteiger partial charge in [0, 0.05) is 10.0 Å². The van der Waals surface area contributed by atoms with Crippen LogP contribution >= 0.6 is 27.5 Å². The summed E-state index contributed by atoms with van der Waals surface area (Å²) in [5, 5.41) is -0.453. The molecule has 0 radical (unpaired) electrons. The average Bonchev–Trinajstić information content (AvgIpc) is 2.05. The largest absolute Gasteiger partial charge is 0.276 e. The zero-order valence-electron chi connectivity index (χ0n) is 6.18. The Balaban J connectivity index is 3.22. The second-order valence-corrected chi connectivity index (χ2v) is 3.41. The van der Waals surface area contributed by atoms with Gasteiger partial charge in [0.05, 0.1) is 0 Å². The second-order valence-electron chi connectivity index (χ2n) is 2.21. The van der Waals surface area contributed by atoms with Gasteiger partial charge in [0.15, 0.2) is 0 Å². The Hall–Kier alpha value is -0.600. The minimum Gasteiger partial charge on any atom is -0.276 e. The molecule has 0 spiro atoms. The highest BCUT2D eigenvalue weighted by molar-refractivity contribution is 9.10. The molecule has 0 amide bonds. The molecule has 0 aliphatic carbocycles. The van der Waals surface area contributed by atoms with Crippen molar-refractivity contribution >= 4 is 38.8 Å². The summed E-state index contributed by atoms with van der Waals surface area (Å²) < 4.78 is 0.902. The Morgan fingerprint density at radius 1 is 1.58 bits per heavy atom. The summed E-state index contributed by atoms with van der Waals surface area (Å²) in [6.07, 6.45) is 1.66. The van der Waals surface area contributed by atoms with Gasteiger partial charge in [-0.25, -0.2) is 0 Å². The molecule has 0 N–H and O–H groups in total. The highest BCUT2D eigenvalue weighted by Crippen LogP contribution is 2.19. The van der Waals surface area contributed by atoms with Gasteiger partial charge in [0.2, 0.25) is 0 Å². The molecule has 1 aromatic carbocycles. The minimum atomic E-state index is -0.453. The summed E-state index contributed by atoms with van der Waals surface area (Å²) in [5.74, 6) is 0. The summed E-state index contributed by atoms with van der Waals surface area (Å²) in [6.45, 7) is 3.61. The summed E-state index contributed by atoms with van der Waals surface area (Å²) in [7, 11) is 0. The van der Waals surface area contributed by atoms with Crippen LogP contribution in [0.5, 0.6) is 0 Å². The van der Waals surface area contributed by atoms with Crippen molar-refractivity contribution in [1.29, 1.82) is 0 Å². The van der Waals surface area contributed by atoms with Gasteiger partial charge in [-0.05, 0) is 35.4 Å². The third kappa shape index (κ3) is 1.96. The number of hydrogen-bond donors (Lipinski definition) is 0. The lowest BCUT2D eigenvalue weighted by molar-refractivity contribution is 0.108. The molecule has 3 heteroatoms. The molecule has 12 heavy (non-hydrogen) atoms. The summed E-state index contributed by atoms with van der Waals surface area (Å²) in [5.41, 5.74) is 1.34. The van der Waals surface area contributed by atoms with Crippen LogP contribution in [-0.2, 0) is 0 Å². The molecule has 0 unspecified atom stereocenters. The number of hydrogen-bond acceptors (Lipinski definition) is 1. The van der Waals surface area contributed by atoms with Crippen molar-refractivity contribution in [3.05, 3.63) is 40.4 Å². The van der Waals surface area contributed by atoms with Crippen molar-refractivity contribution in [2.45, 2.75) is 0 Å². The molecule has 0 heterocycles. The fourth-order valence-electron chi connectivity index (χ4n) is 0.822. The molecule has 1 nitrogen and oxygen atoms in total. The fourth-order valence-corrected chi connectivity index (χ4v) is 1.35. The van der Waals surface area contributed by atoms with Crippen molar-refractivity contribution < 1.29 is 4.79 Å². The molecule has 0 bridgehead atoms. The van der Waals surface area contributed by atoms with Crippen molar-refractivity contribution in [2.75, 3.05) is 0 Å². The lowest BCUT2D eigenvalue weighted by Crippen LogP contribution is -1.89. The van der Waals surface area contributed by atoms with E-state index in [-0.39, 0.29) is 0 Å². The van der Waals surface area contributed by atoms with Gasteiger partial charge >= 0.3 is 0 Å². The number of carbonyl (C=O) groups is 1. The van der Waals surface area contributed by atoms with Crippen molar-refractivity contribution in [1.82, 2.24) is 0 Å². The van der Waals surface area contributed by atoms with Gasteiger partial charge in [-0.1, -0.05) is 28.6 Å². The maximum absolute atomic E-state index is 10.7. The van der Waals surface area contributed by atoms with Crippen LogP contribution in [-0.4, -0.2) is 5.24 Å². The van der Waals surface area contributed by atoms with Crippen LogP contribution < -0.4 is 0 Å². The third-order valence-electron chi connectivity index (χ3n) is 1.44. The molecular formula is C9H6BrClO. The van der Waals surface area contributed by atoms with Crippen LogP contribution in [0.25, 0.3) is 6.08 Å². The Morgan fingerprint density at radius 2 is 2.25 bits per heavy atom. The van der Waals surface area contributed by atoms with Gasteiger partial charge in [-0.2, -0.15) is 0 Å². The molecule has 1 rings (SSSR count). The summed E-state index contributed by atoms with van der Waals surface area (Å²) in [6, 6.07) is 5.12. The summed E-state index contributed by atoms with van der Waals surface area (Å²) >= 11 is 8.61. The molecule has 0 saturated carbocycles. The molecular weight excluding hydrogens is 239 g/mol. The van der Waals surface area contributed by atoms with Crippen LogP contribution in [0.2, 0.25) is 0 Å². The van der Waals surface area contributed by atoms with E-state index < -0.39 is 5.24 Å². The van der Waals surface area contributed by atoms with E-state index in [9.17, 15) is 4.79 Å².